The number of benzene rings is 1. The van der Waals surface area contributed by atoms with E-state index in [9.17, 15) is 4.79 Å². The summed E-state index contributed by atoms with van der Waals surface area (Å²) in [5.74, 6) is 0.363. The molecule has 1 aliphatic carbocycles. The molecule has 0 aliphatic heterocycles. The molecular weight excluding hydrogens is 220 g/mol. The third-order valence-corrected chi connectivity index (χ3v) is 3.92. The van der Waals surface area contributed by atoms with Crippen LogP contribution in [0.5, 0.6) is 0 Å². The average molecular weight is 242 g/mol. The van der Waals surface area contributed by atoms with Gasteiger partial charge in [0.2, 0.25) is 0 Å². The molecule has 18 heavy (non-hydrogen) atoms. The molecule has 96 valence electrons. The third kappa shape index (κ3) is 2.03. The molecule has 1 atom stereocenters. The maximum atomic E-state index is 12.4. The standard InChI is InChI=1S/C17H22O/c1-4-11-17(12-7-8-13(2)3)15-10-6-5-9-14(15)16(17)18/h5-6,8-10H,4,7,11-12H2,1-3H3. The number of allylic oxidation sites excluding steroid dienone is 2. The van der Waals surface area contributed by atoms with Gasteiger partial charge in [-0.15, -0.1) is 0 Å². The van der Waals surface area contributed by atoms with Gasteiger partial charge in [-0.1, -0.05) is 49.3 Å². The van der Waals surface area contributed by atoms with E-state index in [-0.39, 0.29) is 5.41 Å². The zero-order valence-corrected chi connectivity index (χ0v) is 11.6. The number of rotatable bonds is 5. The van der Waals surface area contributed by atoms with E-state index in [1.165, 1.54) is 11.1 Å². The van der Waals surface area contributed by atoms with Crippen molar-refractivity contribution in [2.24, 2.45) is 0 Å². The highest BCUT2D eigenvalue weighted by Gasteiger charge is 2.49. The molecule has 0 bridgehead atoms. The van der Waals surface area contributed by atoms with Crippen LogP contribution < -0.4 is 0 Å². The second-order valence-electron chi connectivity index (χ2n) is 5.53. The molecule has 0 saturated heterocycles. The summed E-state index contributed by atoms with van der Waals surface area (Å²) in [6, 6.07) is 8.11. The van der Waals surface area contributed by atoms with Gasteiger partial charge in [-0.3, -0.25) is 4.79 Å². The van der Waals surface area contributed by atoms with Crippen molar-refractivity contribution in [3.05, 3.63) is 47.0 Å². The van der Waals surface area contributed by atoms with Crippen LogP contribution in [-0.2, 0) is 5.41 Å². The summed E-state index contributed by atoms with van der Waals surface area (Å²) >= 11 is 0. The smallest absolute Gasteiger partial charge is 0.173 e. The lowest BCUT2D eigenvalue weighted by atomic mass is 9.58. The molecule has 0 saturated carbocycles. The largest absolute Gasteiger partial charge is 0.293 e. The van der Waals surface area contributed by atoms with Crippen molar-refractivity contribution in [1.29, 1.82) is 0 Å². The van der Waals surface area contributed by atoms with Gasteiger partial charge in [-0.2, -0.15) is 0 Å². The Labute approximate surface area is 110 Å². The molecule has 2 rings (SSSR count). The number of hydrogen-bond donors (Lipinski definition) is 0. The van der Waals surface area contributed by atoms with Crippen LogP contribution in [0.3, 0.4) is 0 Å². The van der Waals surface area contributed by atoms with Crippen molar-refractivity contribution in [3.63, 3.8) is 0 Å². The van der Waals surface area contributed by atoms with Gasteiger partial charge in [0.25, 0.3) is 0 Å². The maximum Gasteiger partial charge on any atom is 0.173 e. The summed E-state index contributed by atoms with van der Waals surface area (Å²) in [5, 5.41) is 0. The maximum absolute atomic E-state index is 12.4. The lowest BCUT2D eigenvalue weighted by Crippen LogP contribution is -2.46. The van der Waals surface area contributed by atoms with Crippen molar-refractivity contribution >= 4 is 5.78 Å². The first kappa shape index (κ1) is 13.1. The van der Waals surface area contributed by atoms with Crippen LogP contribution in [0.4, 0.5) is 0 Å². The first-order valence-electron chi connectivity index (χ1n) is 6.89. The van der Waals surface area contributed by atoms with Crippen molar-refractivity contribution in [3.8, 4) is 0 Å². The summed E-state index contributed by atoms with van der Waals surface area (Å²) in [6.07, 6.45) is 6.25. The van der Waals surface area contributed by atoms with E-state index in [0.29, 0.717) is 5.78 Å². The number of Topliss-reactive ketones (excluding diaryl/α,β-unsaturated/α-hetero) is 1. The first-order valence-corrected chi connectivity index (χ1v) is 6.89. The quantitative estimate of drug-likeness (QED) is 0.686. The first-order chi connectivity index (χ1) is 8.62. The van der Waals surface area contributed by atoms with Gasteiger partial charge in [-0.25, -0.2) is 0 Å². The fourth-order valence-corrected chi connectivity index (χ4v) is 3.07. The third-order valence-electron chi connectivity index (χ3n) is 3.92. The van der Waals surface area contributed by atoms with Crippen molar-refractivity contribution in [2.75, 3.05) is 0 Å². The van der Waals surface area contributed by atoms with Crippen LogP contribution in [0.1, 0.15) is 62.4 Å². The Kier molecular flexibility index (Phi) is 3.70. The molecule has 0 aromatic heterocycles. The van der Waals surface area contributed by atoms with E-state index in [4.69, 9.17) is 0 Å². The van der Waals surface area contributed by atoms with E-state index >= 15 is 0 Å². The Bertz CT molecular complexity index is 480. The summed E-state index contributed by atoms with van der Waals surface area (Å²) in [6.45, 7) is 6.39. The molecule has 1 nitrogen and oxygen atoms in total. The van der Waals surface area contributed by atoms with Crippen LogP contribution in [0, 0.1) is 0 Å². The monoisotopic (exact) mass is 242 g/mol. The summed E-state index contributed by atoms with van der Waals surface area (Å²) in [4.78, 5) is 12.4. The molecule has 0 spiro atoms. The van der Waals surface area contributed by atoms with Gasteiger partial charge in [0.1, 0.15) is 0 Å². The molecule has 0 heterocycles. The minimum Gasteiger partial charge on any atom is -0.293 e. The van der Waals surface area contributed by atoms with Crippen LogP contribution in [0.15, 0.2) is 35.9 Å². The summed E-state index contributed by atoms with van der Waals surface area (Å²) in [7, 11) is 0. The van der Waals surface area contributed by atoms with Crippen LogP contribution in [0.2, 0.25) is 0 Å². The fourth-order valence-electron chi connectivity index (χ4n) is 3.07. The van der Waals surface area contributed by atoms with E-state index in [1.807, 2.05) is 12.1 Å². The molecule has 0 radical (unpaired) electrons. The lowest BCUT2D eigenvalue weighted by Gasteiger charge is -2.42. The topological polar surface area (TPSA) is 17.1 Å². The fraction of sp³-hybridized carbons (Fsp3) is 0.471. The number of carbonyl (C=O) groups excluding carboxylic acids is 1. The molecule has 1 unspecified atom stereocenters. The molecule has 0 amide bonds. The van der Waals surface area contributed by atoms with Crippen molar-refractivity contribution < 1.29 is 4.79 Å². The Morgan fingerprint density at radius 2 is 1.94 bits per heavy atom. The predicted octanol–water partition coefficient (Wildman–Crippen LogP) is 4.67. The van der Waals surface area contributed by atoms with Crippen LogP contribution >= 0.6 is 0 Å². The van der Waals surface area contributed by atoms with Crippen molar-refractivity contribution in [2.45, 2.75) is 51.9 Å². The van der Waals surface area contributed by atoms with Gasteiger partial charge in [0, 0.05) is 5.56 Å². The van der Waals surface area contributed by atoms with Gasteiger partial charge < -0.3 is 0 Å². The van der Waals surface area contributed by atoms with Gasteiger partial charge in [-0.05, 0) is 38.7 Å². The van der Waals surface area contributed by atoms with Crippen LogP contribution in [0.25, 0.3) is 0 Å². The Hall–Kier alpha value is -1.37. The highest BCUT2D eigenvalue weighted by atomic mass is 16.1. The van der Waals surface area contributed by atoms with Crippen LogP contribution in [-0.4, -0.2) is 5.78 Å². The highest BCUT2D eigenvalue weighted by molar-refractivity contribution is 6.13. The van der Waals surface area contributed by atoms with Gasteiger partial charge >= 0.3 is 0 Å². The molecule has 0 N–H and O–H groups in total. The van der Waals surface area contributed by atoms with E-state index < -0.39 is 0 Å². The predicted molar refractivity (Wildman–Crippen MR) is 76.0 cm³/mol. The average Bonchev–Trinajstić information content (AvgIpc) is 2.36. The second-order valence-corrected chi connectivity index (χ2v) is 5.53. The van der Waals surface area contributed by atoms with Gasteiger partial charge in [0.05, 0.1) is 5.41 Å². The molecular formula is C17H22O. The Balaban J connectivity index is 2.25. The molecule has 1 aliphatic rings. The zero-order chi connectivity index (χ0) is 13.2. The molecule has 0 fully saturated rings. The summed E-state index contributed by atoms with van der Waals surface area (Å²) < 4.78 is 0. The van der Waals surface area contributed by atoms with E-state index in [1.54, 1.807) is 0 Å². The molecule has 1 heteroatoms. The summed E-state index contributed by atoms with van der Waals surface area (Å²) in [5.41, 5.74) is 3.38. The second kappa shape index (κ2) is 5.09. The number of fused-ring (bicyclic) bond motifs is 1. The zero-order valence-electron chi connectivity index (χ0n) is 11.6. The van der Waals surface area contributed by atoms with Crippen molar-refractivity contribution in [1.82, 2.24) is 0 Å². The lowest BCUT2D eigenvalue weighted by molar-refractivity contribution is 0.0809. The minimum absolute atomic E-state index is 0.183. The highest BCUT2D eigenvalue weighted by Crippen LogP contribution is 2.47. The SMILES string of the molecule is CCCC1(CCC=C(C)C)C(=O)c2ccccc21. The Morgan fingerprint density at radius 3 is 2.61 bits per heavy atom. The number of hydrogen-bond acceptors (Lipinski definition) is 1. The molecule has 1 aromatic rings. The van der Waals surface area contributed by atoms with E-state index in [2.05, 4.69) is 39.0 Å². The Morgan fingerprint density at radius 1 is 1.22 bits per heavy atom. The number of carbonyl (C=O) groups is 1. The normalized spacial score (nSPS) is 21.2. The number of ketones is 1. The molecule has 1 aromatic carbocycles. The van der Waals surface area contributed by atoms with Gasteiger partial charge in [0.15, 0.2) is 5.78 Å². The minimum atomic E-state index is -0.183. The van der Waals surface area contributed by atoms with E-state index in [0.717, 1.165) is 31.2 Å².